The average molecular weight is 534 g/mol. The highest BCUT2D eigenvalue weighted by molar-refractivity contribution is 5.96. The summed E-state index contributed by atoms with van der Waals surface area (Å²) in [5, 5.41) is 36.6. The van der Waals surface area contributed by atoms with Gasteiger partial charge in [-0.3, -0.25) is 14.4 Å². The number of hydrogen-bond acceptors (Lipinski definition) is 8. The number of aliphatic hydroxyl groups is 1. The molecule has 11 nitrogen and oxygen atoms in total. The van der Waals surface area contributed by atoms with E-state index >= 15 is 0 Å². The van der Waals surface area contributed by atoms with Crippen molar-refractivity contribution in [3.63, 3.8) is 0 Å². The quantitative estimate of drug-likeness (QED) is 0.200. The minimum atomic E-state index is -2.74. The van der Waals surface area contributed by atoms with Gasteiger partial charge in [-0.15, -0.1) is 0 Å². The van der Waals surface area contributed by atoms with Crippen molar-refractivity contribution in [3.05, 3.63) is 65.9 Å². The summed E-state index contributed by atoms with van der Waals surface area (Å²) in [6, 6.07) is 17.0. The fourth-order valence-corrected chi connectivity index (χ4v) is 2.60. The summed E-state index contributed by atoms with van der Waals surface area (Å²) in [7, 11) is 3.75. The molecule has 0 aliphatic rings. The van der Waals surface area contributed by atoms with Crippen molar-refractivity contribution in [2.24, 2.45) is 0 Å². The van der Waals surface area contributed by atoms with Crippen LogP contribution in [0.5, 0.6) is 11.5 Å². The first-order chi connectivity index (χ1) is 17.9. The molecule has 0 unspecified atom stereocenters. The van der Waals surface area contributed by atoms with E-state index in [-0.39, 0.29) is 5.78 Å². The Morgan fingerprint density at radius 1 is 0.868 bits per heavy atom. The highest BCUT2D eigenvalue weighted by atomic mass is 16.5. The zero-order valence-corrected chi connectivity index (χ0v) is 21.8. The fraction of sp³-hybridized carbons (Fsp3) is 0.333. The second-order valence-corrected chi connectivity index (χ2v) is 7.85. The average Bonchev–Trinajstić information content (AvgIpc) is 2.83. The van der Waals surface area contributed by atoms with Gasteiger partial charge < -0.3 is 35.2 Å². The number of ketones is 1. The molecule has 0 saturated heterocycles. The number of rotatable bonds is 12. The third-order valence-electron chi connectivity index (χ3n) is 4.26. The molecule has 0 fully saturated rings. The van der Waals surface area contributed by atoms with E-state index in [1.807, 2.05) is 69.6 Å². The molecule has 2 aromatic rings. The maximum atomic E-state index is 11.8. The first-order valence-electron chi connectivity index (χ1n) is 11.5. The van der Waals surface area contributed by atoms with Gasteiger partial charge in [0.05, 0.1) is 19.4 Å². The molecule has 38 heavy (non-hydrogen) atoms. The highest BCUT2D eigenvalue weighted by Gasteiger charge is 2.40. The molecular formula is C27H35NO10. The molecule has 0 amide bonds. The number of hydrogen-bond donors (Lipinski definition) is 5. The predicted octanol–water partition coefficient (Wildman–Crippen LogP) is 3.07. The van der Waals surface area contributed by atoms with Crippen molar-refractivity contribution in [2.75, 3.05) is 20.7 Å². The number of carboxylic acid groups (broad SMARTS) is 3. The highest BCUT2D eigenvalue weighted by Crippen LogP contribution is 2.29. The number of aliphatic carboxylic acids is 3. The van der Waals surface area contributed by atoms with Crippen molar-refractivity contribution in [1.29, 1.82) is 0 Å². The Balaban J connectivity index is 0.000000731. The van der Waals surface area contributed by atoms with Crippen LogP contribution in [0.25, 0.3) is 6.08 Å². The van der Waals surface area contributed by atoms with Gasteiger partial charge in [-0.2, -0.15) is 0 Å². The number of benzene rings is 2. The van der Waals surface area contributed by atoms with Gasteiger partial charge in [0.1, 0.15) is 0 Å². The normalized spacial score (nSPS) is 10.6. The Morgan fingerprint density at radius 2 is 1.34 bits per heavy atom. The van der Waals surface area contributed by atoms with Crippen molar-refractivity contribution < 1.29 is 49.1 Å². The first-order valence-corrected chi connectivity index (χ1v) is 11.5. The standard InChI is InChI=1S/C19H20O3.C6H8O7.C2H7N/c1-3-13-21-17-11-7-8-12-18(17)22-19(15(2)20)14-16-9-5-4-6-10-16;7-3(8)1-6(13,5(11)12)2-4(9)10;1-3-2/h4-12,14H,3,13H2,1-2H3;13H,1-2H2,(H,7,8)(H,9,10)(H,11,12);3H,1-2H3. The molecule has 0 aliphatic carbocycles. The Labute approximate surface area is 221 Å². The smallest absolute Gasteiger partial charge is 0.336 e. The van der Waals surface area contributed by atoms with Crippen molar-refractivity contribution in [3.8, 4) is 11.5 Å². The molecular weight excluding hydrogens is 498 g/mol. The topological polar surface area (TPSA) is 180 Å². The molecule has 0 saturated carbocycles. The zero-order valence-electron chi connectivity index (χ0n) is 21.8. The number of carbonyl (C=O) groups is 4. The largest absolute Gasteiger partial charge is 0.490 e. The molecule has 2 aromatic carbocycles. The van der Waals surface area contributed by atoms with E-state index in [4.69, 9.17) is 29.9 Å². The fourth-order valence-electron chi connectivity index (χ4n) is 2.60. The Bertz CT molecular complexity index is 1050. The van der Waals surface area contributed by atoms with Gasteiger partial charge in [0.25, 0.3) is 0 Å². The monoisotopic (exact) mass is 533 g/mol. The summed E-state index contributed by atoms with van der Waals surface area (Å²) >= 11 is 0. The molecule has 0 spiro atoms. The summed E-state index contributed by atoms with van der Waals surface area (Å²) in [4.78, 5) is 42.3. The summed E-state index contributed by atoms with van der Waals surface area (Å²) in [6.45, 7) is 4.14. The minimum absolute atomic E-state index is 0.130. The molecule has 2 rings (SSSR count). The minimum Gasteiger partial charge on any atom is -0.490 e. The molecule has 11 heteroatoms. The third-order valence-corrected chi connectivity index (χ3v) is 4.26. The lowest BCUT2D eigenvalue weighted by atomic mass is 9.96. The van der Waals surface area contributed by atoms with E-state index in [0.29, 0.717) is 23.9 Å². The van der Waals surface area contributed by atoms with Crippen LogP contribution in [0.15, 0.2) is 60.4 Å². The Morgan fingerprint density at radius 3 is 1.76 bits per heavy atom. The Hall–Kier alpha value is -4.22. The third kappa shape index (κ3) is 13.8. The number of para-hydroxylation sites is 2. The lowest BCUT2D eigenvalue weighted by Crippen LogP contribution is -2.42. The predicted molar refractivity (Wildman–Crippen MR) is 140 cm³/mol. The van der Waals surface area contributed by atoms with Gasteiger partial charge in [-0.25, -0.2) is 4.79 Å². The van der Waals surface area contributed by atoms with Gasteiger partial charge in [0.2, 0.25) is 0 Å². The van der Waals surface area contributed by atoms with Crippen LogP contribution in [-0.2, 0) is 19.2 Å². The van der Waals surface area contributed by atoms with Gasteiger partial charge in [-0.05, 0) is 44.3 Å². The summed E-state index contributed by atoms with van der Waals surface area (Å²) in [6.07, 6.45) is 0.357. The summed E-state index contributed by atoms with van der Waals surface area (Å²) in [5.41, 5.74) is -1.82. The molecule has 208 valence electrons. The number of ether oxygens (including phenoxy) is 2. The Kier molecular flexibility index (Phi) is 16.1. The maximum absolute atomic E-state index is 11.8. The van der Waals surface area contributed by atoms with Gasteiger partial charge in [0.15, 0.2) is 28.6 Å². The first kappa shape index (κ1) is 33.8. The molecule has 0 aromatic heterocycles. The zero-order chi connectivity index (χ0) is 29.1. The number of nitrogens with one attached hydrogen (secondary N) is 1. The van der Waals surface area contributed by atoms with Gasteiger partial charge in [0, 0.05) is 6.92 Å². The van der Waals surface area contributed by atoms with Gasteiger partial charge >= 0.3 is 17.9 Å². The number of carbonyl (C=O) groups excluding carboxylic acids is 1. The van der Waals surface area contributed by atoms with E-state index in [1.54, 1.807) is 12.1 Å². The SMILES string of the molecule is CCCOc1ccccc1OC(=Cc1ccccc1)C(C)=O.CNC.O=C(O)CC(O)(CC(=O)O)C(=O)O. The van der Waals surface area contributed by atoms with Crippen molar-refractivity contribution in [2.45, 2.75) is 38.7 Å². The van der Waals surface area contributed by atoms with Crippen LogP contribution in [0, 0.1) is 0 Å². The van der Waals surface area contributed by atoms with E-state index in [1.165, 1.54) is 6.92 Å². The van der Waals surface area contributed by atoms with E-state index in [9.17, 15) is 19.2 Å². The van der Waals surface area contributed by atoms with Crippen LogP contribution in [0.1, 0.15) is 38.7 Å². The van der Waals surface area contributed by atoms with Crippen molar-refractivity contribution in [1.82, 2.24) is 5.32 Å². The lowest BCUT2D eigenvalue weighted by Gasteiger charge is -2.18. The van der Waals surface area contributed by atoms with Crippen LogP contribution in [0.3, 0.4) is 0 Å². The van der Waals surface area contributed by atoms with Crippen molar-refractivity contribution >= 4 is 29.8 Å². The van der Waals surface area contributed by atoms with Crippen LogP contribution in [0.2, 0.25) is 0 Å². The molecule has 0 heterocycles. The number of carboxylic acids is 3. The number of allylic oxidation sites excluding steroid dienone is 1. The van der Waals surface area contributed by atoms with E-state index in [0.717, 1.165) is 12.0 Å². The molecule has 0 aliphatic heterocycles. The van der Waals surface area contributed by atoms with Crippen LogP contribution >= 0.6 is 0 Å². The molecule has 0 bridgehead atoms. The lowest BCUT2D eigenvalue weighted by molar-refractivity contribution is -0.170. The maximum Gasteiger partial charge on any atom is 0.336 e. The summed E-state index contributed by atoms with van der Waals surface area (Å²) in [5.74, 6) is -3.67. The number of Topliss-reactive ketones (excluding diaryl/α,β-unsaturated/α-hetero) is 1. The van der Waals surface area contributed by atoms with Gasteiger partial charge in [-0.1, -0.05) is 49.4 Å². The van der Waals surface area contributed by atoms with E-state index in [2.05, 4.69) is 5.32 Å². The molecule has 0 atom stereocenters. The van der Waals surface area contributed by atoms with Crippen LogP contribution < -0.4 is 14.8 Å². The second-order valence-electron chi connectivity index (χ2n) is 7.85. The summed E-state index contributed by atoms with van der Waals surface area (Å²) < 4.78 is 11.4. The van der Waals surface area contributed by atoms with Crippen LogP contribution in [0.4, 0.5) is 0 Å². The second kappa shape index (κ2) is 18.1. The molecule has 0 radical (unpaired) electrons. The van der Waals surface area contributed by atoms with Crippen LogP contribution in [-0.4, -0.2) is 70.4 Å². The van der Waals surface area contributed by atoms with E-state index < -0.39 is 36.4 Å². The molecule has 5 N–H and O–H groups in total.